The Morgan fingerprint density at radius 2 is 2.24 bits per heavy atom. The first-order chi connectivity index (χ1) is 8.04. The van der Waals surface area contributed by atoms with Gasteiger partial charge >= 0.3 is 0 Å². The number of anilines is 1. The molecule has 1 heterocycles. The summed E-state index contributed by atoms with van der Waals surface area (Å²) in [6.45, 7) is 5.54. The van der Waals surface area contributed by atoms with E-state index in [2.05, 4.69) is 18.8 Å². The highest BCUT2D eigenvalue weighted by Gasteiger charge is 2.14. The van der Waals surface area contributed by atoms with Crippen molar-refractivity contribution >= 4 is 11.6 Å². The first-order valence-corrected chi connectivity index (χ1v) is 5.70. The Balaban J connectivity index is 2.98. The lowest BCUT2D eigenvalue weighted by Gasteiger charge is -2.26. The molecular weight excluding hydrogens is 216 g/mol. The van der Waals surface area contributed by atoms with Crippen LogP contribution in [0, 0.1) is 5.92 Å². The van der Waals surface area contributed by atoms with E-state index >= 15 is 0 Å². The van der Waals surface area contributed by atoms with Crippen molar-refractivity contribution in [1.29, 1.82) is 0 Å². The molecule has 0 bridgehead atoms. The molecule has 0 saturated carbocycles. The van der Waals surface area contributed by atoms with Crippen LogP contribution >= 0.6 is 0 Å². The largest absolute Gasteiger partial charge is 0.368 e. The van der Waals surface area contributed by atoms with Gasteiger partial charge in [-0.25, -0.2) is 0 Å². The number of pyridine rings is 1. The minimum absolute atomic E-state index is 0.191. The van der Waals surface area contributed by atoms with Crippen LogP contribution in [0.2, 0.25) is 0 Å². The highest BCUT2D eigenvalue weighted by Crippen LogP contribution is 2.19. The molecule has 0 spiro atoms. The third-order valence-corrected chi connectivity index (χ3v) is 2.38. The van der Waals surface area contributed by atoms with Crippen molar-refractivity contribution in [3.8, 4) is 0 Å². The van der Waals surface area contributed by atoms with Crippen molar-refractivity contribution in [1.82, 2.24) is 4.98 Å². The van der Waals surface area contributed by atoms with Crippen molar-refractivity contribution in [2.45, 2.75) is 20.4 Å². The summed E-state index contributed by atoms with van der Waals surface area (Å²) in [5.74, 6) is 0.0812. The number of nitrogens with two attached hydrogens (primary N) is 2. The van der Waals surface area contributed by atoms with Gasteiger partial charge in [-0.15, -0.1) is 0 Å². The molecule has 0 unspecified atom stereocenters. The molecule has 17 heavy (non-hydrogen) atoms. The second kappa shape index (κ2) is 6.20. The molecule has 1 aromatic rings. The van der Waals surface area contributed by atoms with E-state index in [0.717, 1.165) is 17.8 Å². The van der Waals surface area contributed by atoms with Crippen LogP contribution in [0.4, 0.5) is 5.69 Å². The third kappa shape index (κ3) is 4.03. The molecule has 0 saturated heterocycles. The monoisotopic (exact) mass is 236 g/mol. The Morgan fingerprint density at radius 3 is 2.76 bits per heavy atom. The smallest absolute Gasteiger partial charge is 0.236 e. The molecule has 1 amide bonds. The molecule has 0 radical (unpaired) electrons. The SMILES string of the molecule is CC(C)CN(CC(N)=O)c1cnccc1CN. The summed E-state index contributed by atoms with van der Waals surface area (Å²) in [6.07, 6.45) is 3.43. The topological polar surface area (TPSA) is 85.2 Å². The minimum Gasteiger partial charge on any atom is -0.368 e. The van der Waals surface area contributed by atoms with Gasteiger partial charge in [0.15, 0.2) is 0 Å². The normalized spacial score (nSPS) is 10.6. The average molecular weight is 236 g/mol. The predicted octanol–water partition coefficient (Wildman–Crippen LogP) is 0.488. The van der Waals surface area contributed by atoms with E-state index < -0.39 is 0 Å². The van der Waals surface area contributed by atoms with E-state index in [0.29, 0.717) is 12.5 Å². The van der Waals surface area contributed by atoms with Crippen molar-refractivity contribution in [2.75, 3.05) is 18.0 Å². The standard InChI is InChI=1S/C12H20N4O/c1-9(2)7-16(8-12(14)17)11-6-15-4-3-10(11)5-13/h3-4,6,9H,5,7-8,13H2,1-2H3,(H2,14,17). The maximum Gasteiger partial charge on any atom is 0.236 e. The van der Waals surface area contributed by atoms with Crippen LogP contribution < -0.4 is 16.4 Å². The summed E-state index contributed by atoms with van der Waals surface area (Å²) in [5, 5.41) is 0. The van der Waals surface area contributed by atoms with Crippen LogP contribution in [-0.4, -0.2) is 24.0 Å². The zero-order chi connectivity index (χ0) is 12.8. The lowest BCUT2D eigenvalue weighted by atomic mass is 10.1. The van der Waals surface area contributed by atoms with Crippen molar-refractivity contribution in [3.63, 3.8) is 0 Å². The average Bonchev–Trinajstić information content (AvgIpc) is 2.27. The predicted molar refractivity (Wildman–Crippen MR) is 68.4 cm³/mol. The summed E-state index contributed by atoms with van der Waals surface area (Å²) in [6, 6.07) is 1.86. The van der Waals surface area contributed by atoms with E-state index in [1.807, 2.05) is 11.0 Å². The Morgan fingerprint density at radius 1 is 1.53 bits per heavy atom. The van der Waals surface area contributed by atoms with Gasteiger partial charge in [-0.05, 0) is 17.5 Å². The molecule has 0 fully saturated rings. The Bertz CT molecular complexity index is 379. The van der Waals surface area contributed by atoms with Gasteiger partial charge in [0.25, 0.3) is 0 Å². The summed E-state index contributed by atoms with van der Waals surface area (Å²) in [7, 11) is 0. The van der Waals surface area contributed by atoms with Gasteiger partial charge in [0, 0.05) is 19.3 Å². The molecule has 1 rings (SSSR count). The molecule has 5 heteroatoms. The number of nitrogens with zero attached hydrogens (tertiary/aromatic N) is 2. The summed E-state index contributed by atoms with van der Waals surface area (Å²) >= 11 is 0. The fourth-order valence-corrected chi connectivity index (χ4v) is 1.75. The zero-order valence-corrected chi connectivity index (χ0v) is 10.4. The van der Waals surface area contributed by atoms with Gasteiger partial charge in [-0.1, -0.05) is 13.8 Å². The van der Waals surface area contributed by atoms with Gasteiger partial charge in [0.05, 0.1) is 18.4 Å². The maximum atomic E-state index is 11.1. The molecule has 5 nitrogen and oxygen atoms in total. The molecular formula is C12H20N4O. The van der Waals surface area contributed by atoms with E-state index in [4.69, 9.17) is 11.5 Å². The first kappa shape index (κ1) is 13.4. The van der Waals surface area contributed by atoms with E-state index in [1.54, 1.807) is 12.4 Å². The van der Waals surface area contributed by atoms with Crippen LogP contribution in [0.15, 0.2) is 18.5 Å². The Labute approximate surface area is 102 Å². The van der Waals surface area contributed by atoms with Crippen molar-refractivity contribution in [2.24, 2.45) is 17.4 Å². The molecule has 0 aliphatic carbocycles. The highest BCUT2D eigenvalue weighted by atomic mass is 16.1. The summed E-state index contributed by atoms with van der Waals surface area (Å²) in [5.41, 5.74) is 12.8. The van der Waals surface area contributed by atoms with E-state index in [-0.39, 0.29) is 12.5 Å². The lowest BCUT2D eigenvalue weighted by molar-refractivity contribution is -0.116. The second-order valence-electron chi connectivity index (χ2n) is 4.45. The second-order valence-corrected chi connectivity index (χ2v) is 4.45. The van der Waals surface area contributed by atoms with E-state index in [9.17, 15) is 4.79 Å². The van der Waals surface area contributed by atoms with Crippen LogP contribution in [0.25, 0.3) is 0 Å². The molecule has 4 N–H and O–H groups in total. The van der Waals surface area contributed by atoms with Crippen molar-refractivity contribution < 1.29 is 4.79 Å². The zero-order valence-electron chi connectivity index (χ0n) is 10.4. The number of hydrogen-bond acceptors (Lipinski definition) is 4. The number of aromatic nitrogens is 1. The van der Waals surface area contributed by atoms with Gasteiger partial charge in [0.2, 0.25) is 5.91 Å². The highest BCUT2D eigenvalue weighted by molar-refractivity contribution is 5.79. The van der Waals surface area contributed by atoms with Gasteiger partial charge in [-0.3, -0.25) is 9.78 Å². The fraction of sp³-hybridized carbons (Fsp3) is 0.500. The molecule has 0 aliphatic rings. The molecule has 0 aromatic carbocycles. The molecule has 0 atom stereocenters. The van der Waals surface area contributed by atoms with Crippen LogP contribution in [0.5, 0.6) is 0 Å². The number of carbonyl (C=O) groups excluding carboxylic acids is 1. The minimum atomic E-state index is -0.350. The molecule has 1 aromatic heterocycles. The number of rotatable bonds is 6. The number of amides is 1. The Hall–Kier alpha value is -1.62. The van der Waals surface area contributed by atoms with Gasteiger partial charge < -0.3 is 16.4 Å². The lowest BCUT2D eigenvalue weighted by Crippen LogP contribution is -2.37. The molecule has 94 valence electrons. The van der Waals surface area contributed by atoms with Crippen LogP contribution in [0.3, 0.4) is 0 Å². The van der Waals surface area contributed by atoms with Crippen LogP contribution in [-0.2, 0) is 11.3 Å². The van der Waals surface area contributed by atoms with Crippen molar-refractivity contribution in [3.05, 3.63) is 24.0 Å². The number of primary amides is 1. The summed E-state index contributed by atoms with van der Waals surface area (Å²) < 4.78 is 0. The maximum absolute atomic E-state index is 11.1. The molecule has 0 aliphatic heterocycles. The number of carbonyl (C=O) groups is 1. The summed E-state index contributed by atoms with van der Waals surface area (Å²) in [4.78, 5) is 17.1. The van der Waals surface area contributed by atoms with Crippen LogP contribution in [0.1, 0.15) is 19.4 Å². The Kier molecular flexibility index (Phi) is 4.90. The van der Waals surface area contributed by atoms with E-state index in [1.165, 1.54) is 0 Å². The fourth-order valence-electron chi connectivity index (χ4n) is 1.75. The quantitative estimate of drug-likeness (QED) is 0.752. The third-order valence-electron chi connectivity index (χ3n) is 2.38. The number of hydrogen-bond donors (Lipinski definition) is 2. The van der Waals surface area contributed by atoms with Gasteiger partial charge in [-0.2, -0.15) is 0 Å². The first-order valence-electron chi connectivity index (χ1n) is 5.70. The van der Waals surface area contributed by atoms with Gasteiger partial charge in [0.1, 0.15) is 0 Å².